The van der Waals surface area contributed by atoms with Gasteiger partial charge in [0, 0.05) is 5.56 Å². The topological polar surface area (TPSA) is 140 Å². The van der Waals surface area contributed by atoms with E-state index in [9.17, 15) is 25.5 Å². The molecule has 1 aromatic carbocycles. The van der Waals surface area contributed by atoms with Gasteiger partial charge in [-0.15, -0.1) is 0 Å². The minimum Gasteiger partial charge on any atom is -0.508 e. The first-order valence-electron chi connectivity index (χ1n) is 7.93. The molecule has 1 aliphatic heterocycles. The number of aliphatic hydroxyl groups is 5. The predicted molar refractivity (Wildman–Crippen MR) is 87.0 cm³/mol. The fraction of sp³-hybridized carbons (Fsp3) is 0.529. The molecular weight excluding hydrogens is 332 g/mol. The van der Waals surface area contributed by atoms with E-state index >= 15 is 0 Å². The summed E-state index contributed by atoms with van der Waals surface area (Å²) >= 11 is 0. The van der Waals surface area contributed by atoms with Gasteiger partial charge in [-0.05, 0) is 31.5 Å². The Bertz CT molecular complexity index is 600. The molecule has 2 rings (SSSR count). The minimum atomic E-state index is -1.53. The largest absolute Gasteiger partial charge is 0.508 e. The number of ether oxygens (including phenoxy) is 2. The molecule has 140 valence electrons. The summed E-state index contributed by atoms with van der Waals surface area (Å²) in [5, 5.41) is 57.6. The Hall–Kier alpha value is -1.68. The summed E-state index contributed by atoms with van der Waals surface area (Å²) < 4.78 is 10.9. The van der Waals surface area contributed by atoms with Crippen LogP contribution in [0.5, 0.6) is 11.5 Å². The van der Waals surface area contributed by atoms with Gasteiger partial charge in [0.25, 0.3) is 0 Å². The molecule has 5 atom stereocenters. The van der Waals surface area contributed by atoms with Crippen molar-refractivity contribution in [2.75, 3.05) is 13.2 Å². The van der Waals surface area contributed by atoms with Crippen molar-refractivity contribution >= 4 is 0 Å². The lowest BCUT2D eigenvalue weighted by molar-refractivity contribution is -0.277. The van der Waals surface area contributed by atoms with Crippen LogP contribution in [0.2, 0.25) is 0 Å². The highest BCUT2D eigenvalue weighted by Gasteiger charge is 2.44. The third kappa shape index (κ3) is 4.69. The van der Waals surface area contributed by atoms with E-state index in [1.165, 1.54) is 18.2 Å². The summed E-state index contributed by atoms with van der Waals surface area (Å²) in [4.78, 5) is 0. The smallest absolute Gasteiger partial charge is 0.229 e. The van der Waals surface area contributed by atoms with Crippen LogP contribution in [0.1, 0.15) is 12.5 Å². The van der Waals surface area contributed by atoms with Gasteiger partial charge in [-0.2, -0.15) is 0 Å². The summed E-state index contributed by atoms with van der Waals surface area (Å²) in [6, 6.07) is 4.35. The Balaban J connectivity index is 2.21. The second-order valence-corrected chi connectivity index (χ2v) is 6.02. The fourth-order valence-corrected chi connectivity index (χ4v) is 2.48. The van der Waals surface area contributed by atoms with Crippen LogP contribution >= 0.6 is 0 Å². The monoisotopic (exact) mass is 356 g/mol. The average molecular weight is 356 g/mol. The van der Waals surface area contributed by atoms with E-state index in [1.807, 2.05) is 0 Å². The molecule has 0 saturated carbocycles. The molecule has 8 heteroatoms. The van der Waals surface area contributed by atoms with Crippen molar-refractivity contribution in [2.24, 2.45) is 0 Å². The number of hydrogen-bond acceptors (Lipinski definition) is 8. The third-order valence-corrected chi connectivity index (χ3v) is 4.06. The quantitative estimate of drug-likeness (QED) is 0.359. The molecule has 1 saturated heterocycles. The van der Waals surface area contributed by atoms with E-state index in [4.69, 9.17) is 14.6 Å². The number of benzene rings is 1. The Kier molecular flexibility index (Phi) is 6.77. The Morgan fingerprint density at radius 2 is 1.88 bits per heavy atom. The number of aliphatic hydroxyl groups excluding tert-OH is 5. The number of phenolic OH excluding ortho intramolecular Hbond substituents is 1. The van der Waals surface area contributed by atoms with Crippen LogP contribution < -0.4 is 4.74 Å². The number of hydrogen-bond donors (Lipinski definition) is 6. The van der Waals surface area contributed by atoms with Crippen molar-refractivity contribution < 1.29 is 40.1 Å². The molecule has 0 aliphatic carbocycles. The molecule has 0 unspecified atom stereocenters. The number of rotatable bonds is 6. The number of phenols is 1. The second kappa shape index (κ2) is 8.61. The molecule has 0 aromatic heterocycles. The van der Waals surface area contributed by atoms with Gasteiger partial charge in [0.15, 0.2) is 0 Å². The van der Waals surface area contributed by atoms with Crippen molar-refractivity contribution in [1.82, 2.24) is 0 Å². The number of aromatic hydroxyl groups is 1. The van der Waals surface area contributed by atoms with E-state index in [2.05, 4.69) is 0 Å². The van der Waals surface area contributed by atoms with Gasteiger partial charge in [-0.1, -0.05) is 11.6 Å². The standard InChI is InChI=1S/C17H24O8/c1-9(7-18)2-3-10-6-11(20)4-5-12(10)24-17-16(23)15(22)14(21)13(8-19)25-17/h2,4-6,13-23H,3,7-8H2,1H3/t13-,14-,15+,16-,17-/m1/s1. The normalized spacial score (nSPS) is 30.3. The maximum absolute atomic E-state index is 10.0. The lowest BCUT2D eigenvalue weighted by Gasteiger charge is -2.39. The van der Waals surface area contributed by atoms with Gasteiger partial charge < -0.3 is 40.1 Å². The summed E-state index contributed by atoms with van der Waals surface area (Å²) in [7, 11) is 0. The van der Waals surface area contributed by atoms with Crippen molar-refractivity contribution in [3.05, 3.63) is 35.4 Å². The van der Waals surface area contributed by atoms with Gasteiger partial charge in [0.1, 0.15) is 35.9 Å². The Labute approximate surface area is 145 Å². The summed E-state index contributed by atoms with van der Waals surface area (Å²) in [6.45, 7) is 1.11. The van der Waals surface area contributed by atoms with Crippen LogP contribution in [-0.4, -0.2) is 74.6 Å². The third-order valence-electron chi connectivity index (χ3n) is 4.06. The molecule has 1 aromatic rings. The summed E-state index contributed by atoms with van der Waals surface area (Å²) in [6.07, 6.45) is -4.78. The molecule has 0 bridgehead atoms. The van der Waals surface area contributed by atoms with Gasteiger partial charge in [-0.25, -0.2) is 0 Å². The number of allylic oxidation sites excluding steroid dienone is 1. The molecule has 8 nitrogen and oxygen atoms in total. The molecular formula is C17H24O8. The Morgan fingerprint density at radius 1 is 1.16 bits per heavy atom. The van der Waals surface area contributed by atoms with Crippen molar-refractivity contribution in [3.8, 4) is 11.5 Å². The van der Waals surface area contributed by atoms with E-state index < -0.39 is 37.3 Å². The molecule has 0 radical (unpaired) electrons. The lowest BCUT2D eigenvalue weighted by Crippen LogP contribution is -2.60. The summed E-state index contributed by atoms with van der Waals surface area (Å²) in [5.41, 5.74) is 1.31. The van der Waals surface area contributed by atoms with Crippen molar-refractivity contribution in [1.29, 1.82) is 0 Å². The minimum absolute atomic E-state index is 0.0196. The van der Waals surface area contributed by atoms with E-state index in [-0.39, 0.29) is 12.4 Å². The maximum atomic E-state index is 10.0. The highest BCUT2D eigenvalue weighted by molar-refractivity contribution is 5.41. The SMILES string of the molecule is CC(=CCc1cc(O)ccc1O[C@@H]1O[C@H](CO)[C@@H](O)[C@H](O)[C@H]1O)CO. The molecule has 1 heterocycles. The molecule has 6 N–H and O–H groups in total. The first-order chi connectivity index (χ1) is 11.9. The second-order valence-electron chi connectivity index (χ2n) is 6.02. The van der Waals surface area contributed by atoms with Crippen LogP contribution in [0.4, 0.5) is 0 Å². The molecule has 1 fully saturated rings. The van der Waals surface area contributed by atoms with Crippen molar-refractivity contribution in [3.63, 3.8) is 0 Å². The molecule has 25 heavy (non-hydrogen) atoms. The molecule has 0 spiro atoms. The maximum Gasteiger partial charge on any atom is 0.229 e. The van der Waals surface area contributed by atoms with Crippen LogP contribution in [0.15, 0.2) is 29.8 Å². The van der Waals surface area contributed by atoms with E-state index in [0.717, 1.165) is 5.57 Å². The predicted octanol–water partition coefficient (Wildman–Crippen LogP) is -0.948. The molecule has 0 amide bonds. The van der Waals surface area contributed by atoms with Gasteiger partial charge in [-0.3, -0.25) is 0 Å². The van der Waals surface area contributed by atoms with Crippen molar-refractivity contribution in [2.45, 2.75) is 44.1 Å². The summed E-state index contributed by atoms with van der Waals surface area (Å²) in [5.74, 6) is 0.315. The van der Waals surface area contributed by atoms with E-state index in [1.54, 1.807) is 13.0 Å². The van der Waals surface area contributed by atoms with Crippen LogP contribution in [-0.2, 0) is 11.2 Å². The Morgan fingerprint density at radius 3 is 2.52 bits per heavy atom. The lowest BCUT2D eigenvalue weighted by atomic mass is 9.99. The highest BCUT2D eigenvalue weighted by atomic mass is 16.7. The first-order valence-corrected chi connectivity index (χ1v) is 7.93. The van der Waals surface area contributed by atoms with E-state index in [0.29, 0.717) is 17.7 Å². The van der Waals surface area contributed by atoms with Gasteiger partial charge >= 0.3 is 0 Å². The van der Waals surface area contributed by atoms with Crippen LogP contribution in [0.25, 0.3) is 0 Å². The average Bonchev–Trinajstić information content (AvgIpc) is 2.61. The van der Waals surface area contributed by atoms with Gasteiger partial charge in [0.2, 0.25) is 6.29 Å². The van der Waals surface area contributed by atoms with Crippen LogP contribution in [0, 0.1) is 0 Å². The highest BCUT2D eigenvalue weighted by Crippen LogP contribution is 2.29. The van der Waals surface area contributed by atoms with Gasteiger partial charge in [0.05, 0.1) is 13.2 Å². The molecule has 1 aliphatic rings. The first kappa shape index (κ1) is 19.6. The van der Waals surface area contributed by atoms with Crippen LogP contribution in [0.3, 0.4) is 0 Å². The zero-order valence-corrected chi connectivity index (χ0v) is 13.8. The zero-order valence-electron chi connectivity index (χ0n) is 13.8. The fourth-order valence-electron chi connectivity index (χ4n) is 2.48. The zero-order chi connectivity index (χ0) is 18.6.